The highest BCUT2D eigenvalue weighted by Crippen LogP contribution is 2.38. The monoisotopic (exact) mass is 491 g/mol. The van der Waals surface area contributed by atoms with Crippen molar-refractivity contribution in [3.05, 3.63) is 52.8 Å². The molecule has 11 heteroatoms. The number of nitrogens with two attached hydrogens (primary N) is 1. The Kier molecular flexibility index (Phi) is 7.88. The lowest BCUT2D eigenvalue weighted by molar-refractivity contribution is -0.135. The number of aromatic nitrogens is 1. The molecule has 0 saturated carbocycles. The molecule has 0 bridgehead atoms. The summed E-state index contributed by atoms with van der Waals surface area (Å²) in [4.78, 5) is 41.8. The molecule has 1 fully saturated rings. The fourth-order valence-electron chi connectivity index (χ4n) is 3.91. The van der Waals surface area contributed by atoms with Crippen molar-refractivity contribution in [3.8, 4) is 11.5 Å². The van der Waals surface area contributed by atoms with Crippen molar-refractivity contribution in [2.75, 3.05) is 6.54 Å². The molecular weight excluding hydrogens is 464 g/mol. The summed E-state index contributed by atoms with van der Waals surface area (Å²) in [5.41, 5.74) is 6.52. The number of likely N-dealkylation sites (tertiary alicyclic amines) is 1. The van der Waals surface area contributed by atoms with Gasteiger partial charge in [-0.05, 0) is 50.1 Å². The fraction of sp³-hybridized carbons (Fsp3) is 0.417. The minimum Gasteiger partial charge on any atom is -0.487 e. The fourth-order valence-corrected chi connectivity index (χ4v) is 3.91. The van der Waals surface area contributed by atoms with Crippen LogP contribution in [0.4, 0.5) is 8.78 Å². The molecule has 1 aromatic heterocycles. The Hall–Kier alpha value is -3.76. The number of amides is 2. The zero-order valence-corrected chi connectivity index (χ0v) is 19.8. The van der Waals surface area contributed by atoms with Crippen LogP contribution in [0.3, 0.4) is 0 Å². The molecular formula is C24H27F2N3O6. The summed E-state index contributed by atoms with van der Waals surface area (Å²) < 4.78 is 41.4. The largest absolute Gasteiger partial charge is 0.487 e. The van der Waals surface area contributed by atoms with Gasteiger partial charge in [-0.15, -0.1) is 0 Å². The van der Waals surface area contributed by atoms with Gasteiger partial charge in [0, 0.05) is 32.0 Å². The van der Waals surface area contributed by atoms with Crippen LogP contribution in [0.1, 0.15) is 65.1 Å². The molecule has 2 atom stereocenters. The van der Waals surface area contributed by atoms with Crippen molar-refractivity contribution in [2.45, 2.75) is 59.0 Å². The molecule has 3 rings (SSSR count). The van der Waals surface area contributed by atoms with Gasteiger partial charge in [0.1, 0.15) is 0 Å². The van der Waals surface area contributed by atoms with Crippen molar-refractivity contribution in [3.63, 3.8) is 0 Å². The number of nitrogens with zero attached hydrogens (tertiary/aromatic N) is 2. The van der Waals surface area contributed by atoms with Gasteiger partial charge in [-0.1, -0.05) is 6.07 Å². The minimum atomic E-state index is -3.01. The lowest BCUT2D eigenvalue weighted by Crippen LogP contribution is -2.37. The van der Waals surface area contributed by atoms with Crippen molar-refractivity contribution < 1.29 is 37.4 Å². The number of ether oxygens (including phenoxy) is 3. The number of halogens is 2. The van der Waals surface area contributed by atoms with E-state index in [1.165, 1.54) is 30.2 Å². The van der Waals surface area contributed by atoms with Crippen LogP contribution in [-0.2, 0) is 9.53 Å². The normalized spacial score (nSPS) is 17.5. The lowest BCUT2D eigenvalue weighted by atomic mass is 9.97. The van der Waals surface area contributed by atoms with Gasteiger partial charge in [0.2, 0.25) is 11.8 Å². The molecule has 0 unspecified atom stereocenters. The van der Waals surface area contributed by atoms with E-state index in [2.05, 4.69) is 9.72 Å². The maximum atomic E-state index is 12.8. The number of carbonyl (C=O) groups is 3. The number of pyridine rings is 1. The Morgan fingerprint density at radius 2 is 1.86 bits per heavy atom. The molecule has 9 nitrogen and oxygen atoms in total. The van der Waals surface area contributed by atoms with E-state index in [1.807, 2.05) is 0 Å². The number of rotatable bonds is 8. The van der Waals surface area contributed by atoms with Gasteiger partial charge in [0.25, 0.3) is 0 Å². The molecule has 188 valence electrons. The predicted octanol–water partition coefficient (Wildman–Crippen LogP) is 3.40. The third-order valence-electron chi connectivity index (χ3n) is 5.47. The van der Waals surface area contributed by atoms with Crippen molar-refractivity contribution in [2.24, 2.45) is 5.73 Å². The van der Waals surface area contributed by atoms with Gasteiger partial charge in [0.05, 0.1) is 11.7 Å². The van der Waals surface area contributed by atoms with Gasteiger partial charge in [-0.3, -0.25) is 9.59 Å². The van der Waals surface area contributed by atoms with Gasteiger partial charge < -0.3 is 24.8 Å². The van der Waals surface area contributed by atoms with Crippen molar-refractivity contribution in [1.29, 1.82) is 0 Å². The first-order chi connectivity index (χ1) is 16.5. The van der Waals surface area contributed by atoms with Crippen LogP contribution in [0.25, 0.3) is 0 Å². The average molecular weight is 491 g/mol. The maximum Gasteiger partial charge on any atom is 0.387 e. The highest BCUT2D eigenvalue weighted by molar-refractivity contribution is 5.94. The number of esters is 1. The number of benzene rings is 1. The van der Waals surface area contributed by atoms with E-state index in [4.69, 9.17) is 15.2 Å². The highest BCUT2D eigenvalue weighted by atomic mass is 19.3. The van der Waals surface area contributed by atoms with E-state index in [9.17, 15) is 23.2 Å². The van der Waals surface area contributed by atoms with Crippen LogP contribution in [-0.4, -0.2) is 53.2 Å². The van der Waals surface area contributed by atoms with Crippen LogP contribution in [0, 0.1) is 6.92 Å². The lowest BCUT2D eigenvalue weighted by Gasteiger charge is -2.23. The van der Waals surface area contributed by atoms with Crippen LogP contribution in [0.15, 0.2) is 30.5 Å². The Balaban J connectivity index is 1.82. The quantitative estimate of drug-likeness (QED) is 0.562. The number of hydrogen-bond donors (Lipinski definition) is 1. The molecule has 1 aliphatic rings. The first-order valence-corrected chi connectivity index (χ1v) is 11.0. The summed E-state index contributed by atoms with van der Waals surface area (Å²) in [7, 11) is 0. The zero-order valence-electron chi connectivity index (χ0n) is 19.8. The van der Waals surface area contributed by atoms with Crippen LogP contribution in [0.2, 0.25) is 0 Å². The molecule has 2 heterocycles. The van der Waals surface area contributed by atoms with E-state index < -0.39 is 24.7 Å². The Morgan fingerprint density at radius 1 is 1.14 bits per heavy atom. The first-order valence-electron chi connectivity index (χ1n) is 11.0. The summed E-state index contributed by atoms with van der Waals surface area (Å²) in [6.07, 6.45) is 0.312. The Bertz CT molecular complexity index is 1120. The molecule has 0 aliphatic carbocycles. The van der Waals surface area contributed by atoms with Gasteiger partial charge >= 0.3 is 12.6 Å². The predicted molar refractivity (Wildman–Crippen MR) is 120 cm³/mol. The summed E-state index contributed by atoms with van der Waals surface area (Å²) in [6, 6.07) is 6.04. The highest BCUT2D eigenvalue weighted by Gasteiger charge is 2.38. The molecule has 0 radical (unpaired) electrons. The van der Waals surface area contributed by atoms with Crippen LogP contribution >= 0.6 is 0 Å². The van der Waals surface area contributed by atoms with Crippen molar-refractivity contribution >= 4 is 17.8 Å². The molecule has 2 N–H and O–H groups in total. The number of alkyl halides is 2. The second-order valence-electron chi connectivity index (χ2n) is 8.47. The van der Waals surface area contributed by atoms with E-state index in [-0.39, 0.29) is 53.7 Å². The average Bonchev–Trinajstić information content (AvgIpc) is 3.18. The second kappa shape index (κ2) is 10.7. The second-order valence-corrected chi connectivity index (χ2v) is 8.47. The molecule has 1 aromatic carbocycles. The minimum absolute atomic E-state index is 0.00284. The van der Waals surface area contributed by atoms with Gasteiger partial charge in [-0.25, -0.2) is 9.78 Å². The topological polar surface area (TPSA) is 121 Å². The maximum absolute atomic E-state index is 12.8. The Labute approximate surface area is 201 Å². The third-order valence-corrected chi connectivity index (χ3v) is 5.47. The van der Waals surface area contributed by atoms with E-state index in [0.717, 1.165) is 0 Å². The van der Waals surface area contributed by atoms with Gasteiger partial charge in [-0.2, -0.15) is 8.78 Å². The molecule has 1 saturated heterocycles. The van der Waals surface area contributed by atoms with Crippen LogP contribution < -0.4 is 15.2 Å². The SMILES string of the molecule is CC(=O)N1C[C@H](c2ccc(OC(F)F)c(OC(C)C)c2)C[C@H]1OC(=O)c1ncc(C(N)=O)cc1C. The number of hydrogen-bond acceptors (Lipinski definition) is 7. The smallest absolute Gasteiger partial charge is 0.387 e. The summed E-state index contributed by atoms with van der Waals surface area (Å²) in [6.45, 7) is 3.71. The van der Waals surface area contributed by atoms with E-state index >= 15 is 0 Å². The van der Waals surface area contributed by atoms with E-state index in [0.29, 0.717) is 11.1 Å². The van der Waals surface area contributed by atoms with Crippen LogP contribution in [0.5, 0.6) is 11.5 Å². The molecule has 35 heavy (non-hydrogen) atoms. The first kappa shape index (κ1) is 25.9. The summed E-state index contributed by atoms with van der Waals surface area (Å²) in [5, 5.41) is 0. The van der Waals surface area contributed by atoms with Crippen molar-refractivity contribution in [1.82, 2.24) is 9.88 Å². The zero-order chi connectivity index (χ0) is 25.9. The number of primary amides is 1. The Morgan fingerprint density at radius 3 is 2.43 bits per heavy atom. The number of aryl methyl sites for hydroxylation is 1. The number of carbonyl (C=O) groups excluding carboxylic acids is 3. The summed E-state index contributed by atoms with van der Waals surface area (Å²) in [5.74, 6) is -1.91. The summed E-state index contributed by atoms with van der Waals surface area (Å²) >= 11 is 0. The molecule has 2 amide bonds. The molecule has 0 spiro atoms. The van der Waals surface area contributed by atoms with Gasteiger partial charge in [0.15, 0.2) is 23.4 Å². The molecule has 2 aromatic rings. The standard InChI is InChI=1S/C24H27F2N3O6/c1-12(2)33-19-8-15(5-6-18(19)34-24(25)26)17-9-20(29(11-17)14(4)30)35-23(32)21-13(3)7-16(10-28-21)22(27)31/h5-8,10,12,17,20,24H,9,11H2,1-4H3,(H2,27,31)/t17-,20-/m1/s1. The third kappa shape index (κ3) is 6.23. The van der Waals surface area contributed by atoms with E-state index in [1.54, 1.807) is 32.9 Å². The molecule has 1 aliphatic heterocycles.